The van der Waals surface area contributed by atoms with Crippen molar-refractivity contribution in [1.29, 1.82) is 0 Å². The molecule has 0 aliphatic carbocycles. The Bertz CT molecular complexity index is 1010. The lowest BCUT2D eigenvalue weighted by atomic mass is 10.1. The fraction of sp³-hybridized carbons (Fsp3) is 0.200. The maximum Gasteiger partial charge on any atom is 0.336 e. The van der Waals surface area contributed by atoms with Crippen LogP contribution >= 0.6 is 11.8 Å². The number of nitrogens with zero attached hydrogens (tertiary/aromatic N) is 3. The van der Waals surface area contributed by atoms with Crippen LogP contribution < -0.4 is 17.0 Å². The second-order valence-electron chi connectivity index (χ2n) is 5.12. The molecule has 0 bridgehead atoms. The largest absolute Gasteiger partial charge is 0.423 e. The molecule has 118 valence electrons. The van der Waals surface area contributed by atoms with Crippen LogP contribution in [0.2, 0.25) is 0 Å². The lowest BCUT2D eigenvalue weighted by molar-refractivity contribution is 0.559. The van der Waals surface area contributed by atoms with Crippen molar-refractivity contribution in [2.45, 2.75) is 24.8 Å². The Morgan fingerprint density at radius 2 is 2.00 bits per heavy atom. The van der Waals surface area contributed by atoms with Crippen molar-refractivity contribution in [1.82, 2.24) is 14.9 Å². The Labute approximate surface area is 135 Å². The highest BCUT2D eigenvalue weighted by Gasteiger charge is 2.11. The average molecular weight is 330 g/mol. The molecular weight excluding hydrogens is 316 g/mol. The zero-order valence-electron chi connectivity index (χ0n) is 12.6. The predicted octanol–water partition coefficient (Wildman–Crippen LogP) is 1.37. The van der Waals surface area contributed by atoms with Crippen LogP contribution in [0.4, 0.5) is 0 Å². The SMILES string of the molecule is Cc1ccc2c(CSc3nnc(C)c(=O)n3N)cc(=O)oc2c1. The monoisotopic (exact) mass is 330 g/mol. The van der Waals surface area contributed by atoms with Crippen LogP contribution in [0.1, 0.15) is 16.8 Å². The quantitative estimate of drug-likeness (QED) is 0.439. The molecular formula is C15H14N4O3S. The van der Waals surface area contributed by atoms with E-state index >= 15 is 0 Å². The minimum absolute atomic E-state index is 0.234. The van der Waals surface area contributed by atoms with Gasteiger partial charge in [-0.1, -0.05) is 23.9 Å². The van der Waals surface area contributed by atoms with Gasteiger partial charge in [-0.2, -0.15) is 4.68 Å². The van der Waals surface area contributed by atoms with E-state index in [1.807, 2.05) is 25.1 Å². The van der Waals surface area contributed by atoms with E-state index in [4.69, 9.17) is 10.3 Å². The van der Waals surface area contributed by atoms with E-state index in [9.17, 15) is 9.59 Å². The standard InChI is InChI=1S/C15H14N4O3S/c1-8-3-4-11-10(6-13(20)22-12(11)5-8)7-23-15-18-17-9(2)14(21)19(15)16/h3-6H,7,16H2,1-2H3. The lowest BCUT2D eigenvalue weighted by Gasteiger charge is -2.08. The van der Waals surface area contributed by atoms with E-state index in [1.54, 1.807) is 6.92 Å². The number of aromatic nitrogens is 3. The highest BCUT2D eigenvalue weighted by atomic mass is 32.2. The summed E-state index contributed by atoms with van der Waals surface area (Å²) in [5, 5.41) is 8.83. The van der Waals surface area contributed by atoms with E-state index in [-0.39, 0.29) is 10.9 Å². The summed E-state index contributed by atoms with van der Waals surface area (Å²) in [5.41, 5.74) is 1.75. The van der Waals surface area contributed by atoms with Crippen LogP contribution in [0, 0.1) is 13.8 Å². The summed E-state index contributed by atoms with van der Waals surface area (Å²) in [6.45, 7) is 3.47. The lowest BCUT2D eigenvalue weighted by Crippen LogP contribution is -2.32. The third-order valence-corrected chi connectivity index (χ3v) is 4.35. The van der Waals surface area contributed by atoms with Gasteiger partial charge in [-0.05, 0) is 31.0 Å². The van der Waals surface area contributed by atoms with Gasteiger partial charge in [-0.25, -0.2) is 4.79 Å². The van der Waals surface area contributed by atoms with Gasteiger partial charge in [-0.3, -0.25) is 4.79 Å². The molecule has 2 N–H and O–H groups in total. The molecule has 1 aromatic carbocycles. The summed E-state index contributed by atoms with van der Waals surface area (Å²) in [5.74, 6) is 6.13. The zero-order chi connectivity index (χ0) is 16.6. The van der Waals surface area contributed by atoms with Crippen molar-refractivity contribution in [3.63, 3.8) is 0 Å². The van der Waals surface area contributed by atoms with Gasteiger partial charge in [0.2, 0.25) is 5.16 Å². The number of aryl methyl sites for hydroxylation is 2. The van der Waals surface area contributed by atoms with E-state index in [2.05, 4.69) is 10.2 Å². The second-order valence-corrected chi connectivity index (χ2v) is 6.06. The molecule has 0 aliphatic rings. The molecule has 0 unspecified atom stereocenters. The van der Waals surface area contributed by atoms with Crippen molar-refractivity contribution < 1.29 is 4.42 Å². The van der Waals surface area contributed by atoms with Crippen molar-refractivity contribution in [2.75, 3.05) is 5.84 Å². The van der Waals surface area contributed by atoms with Crippen LogP contribution in [-0.2, 0) is 5.75 Å². The first-order valence-electron chi connectivity index (χ1n) is 6.83. The van der Waals surface area contributed by atoms with Gasteiger partial charge in [0.1, 0.15) is 11.3 Å². The van der Waals surface area contributed by atoms with Gasteiger partial charge in [0.25, 0.3) is 5.56 Å². The van der Waals surface area contributed by atoms with E-state index in [0.29, 0.717) is 11.3 Å². The van der Waals surface area contributed by atoms with Crippen LogP contribution in [0.3, 0.4) is 0 Å². The fourth-order valence-electron chi connectivity index (χ4n) is 2.17. The summed E-state index contributed by atoms with van der Waals surface area (Å²) in [7, 11) is 0. The number of fused-ring (bicyclic) bond motifs is 1. The van der Waals surface area contributed by atoms with Crippen LogP contribution in [0.5, 0.6) is 0 Å². The molecule has 3 aromatic rings. The Balaban J connectivity index is 1.98. The Morgan fingerprint density at radius 3 is 2.78 bits per heavy atom. The summed E-state index contributed by atoms with van der Waals surface area (Å²) >= 11 is 1.23. The second kappa shape index (κ2) is 5.88. The molecule has 0 saturated carbocycles. The molecule has 0 atom stereocenters. The molecule has 0 radical (unpaired) electrons. The molecule has 0 amide bonds. The maximum atomic E-state index is 11.8. The number of hydrogen-bond acceptors (Lipinski definition) is 7. The fourth-order valence-corrected chi connectivity index (χ4v) is 3.01. The predicted molar refractivity (Wildman–Crippen MR) is 88.0 cm³/mol. The highest BCUT2D eigenvalue weighted by molar-refractivity contribution is 7.98. The molecule has 23 heavy (non-hydrogen) atoms. The first-order valence-corrected chi connectivity index (χ1v) is 7.82. The average Bonchev–Trinajstić information content (AvgIpc) is 2.51. The zero-order valence-corrected chi connectivity index (χ0v) is 13.4. The van der Waals surface area contributed by atoms with Crippen LogP contribution in [0.15, 0.2) is 43.4 Å². The number of hydrogen-bond donors (Lipinski definition) is 1. The first kappa shape index (κ1) is 15.3. The van der Waals surface area contributed by atoms with Crippen molar-refractivity contribution in [3.8, 4) is 0 Å². The third kappa shape index (κ3) is 2.98. The minimum Gasteiger partial charge on any atom is -0.423 e. The van der Waals surface area contributed by atoms with Gasteiger partial charge >= 0.3 is 5.63 Å². The summed E-state index contributed by atoms with van der Waals surface area (Å²) in [6, 6.07) is 7.10. The Hall–Kier alpha value is -2.61. The molecule has 2 aromatic heterocycles. The van der Waals surface area contributed by atoms with Gasteiger partial charge in [-0.15, -0.1) is 10.2 Å². The van der Waals surface area contributed by atoms with Crippen molar-refractivity contribution in [3.05, 3.63) is 61.9 Å². The number of thioether (sulfide) groups is 1. The normalized spacial score (nSPS) is 11.0. The van der Waals surface area contributed by atoms with Crippen LogP contribution in [-0.4, -0.2) is 14.9 Å². The third-order valence-electron chi connectivity index (χ3n) is 3.36. The maximum absolute atomic E-state index is 11.8. The summed E-state index contributed by atoms with van der Waals surface area (Å²) < 4.78 is 6.18. The molecule has 0 saturated heterocycles. The van der Waals surface area contributed by atoms with Gasteiger partial charge < -0.3 is 10.3 Å². The van der Waals surface area contributed by atoms with Gasteiger partial charge in [0.15, 0.2) is 0 Å². The molecule has 0 fully saturated rings. The van der Waals surface area contributed by atoms with Gasteiger partial charge in [0, 0.05) is 17.2 Å². The van der Waals surface area contributed by atoms with E-state index < -0.39 is 11.2 Å². The molecule has 8 heteroatoms. The smallest absolute Gasteiger partial charge is 0.336 e. The topological polar surface area (TPSA) is 104 Å². The Kier molecular flexibility index (Phi) is 3.91. The summed E-state index contributed by atoms with van der Waals surface area (Å²) in [6.07, 6.45) is 0. The molecule has 0 spiro atoms. The molecule has 7 nitrogen and oxygen atoms in total. The molecule has 2 heterocycles. The molecule has 0 aliphatic heterocycles. The molecule has 3 rings (SSSR count). The minimum atomic E-state index is -0.418. The summed E-state index contributed by atoms with van der Waals surface area (Å²) in [4.78, 5) is 23.5. The Morgan fingerprint density at radius 1 is 1.22 bits per heavy atom. The van der Waals surface area contributed by atoms with Crippen molar-refractivity contribution in [2.24, 2.45) is 0 Å². The van der Waals surface area contributed by atoms with E-state index in [1.165, 1.54) is 17.8 Å². The van der Waals surface area contributed by atoms with Gasteiger partial charge in [0.05, 0.1) is 0 Å². The van der Waals surface area contributed by atoms with Crippen LogP contribution in [0.25, 0.3) is 11.0 Å². The van der Waals surface area contributed by atoms with Crippen molar-refractivity contribution >= 4 is 22.7 Å². The number of benzene rings is 1. The van der Waals surface area contributed by atoms with E-state index in [0.717, 1.165) is 21.2 Å². The number of nitrogen functional groups attached to an aromatic ring is 1. The highest BCUT2D eigenvalue weighted by Crippen LogP contribution is 2.24. The number of nitrogens with two attached hydrogens (primary N) is 1. The number of rotatable bonds is 3. The first-order chi connectivity index (χ1) is 11.0.